The van der Waals surface area contributed by atoms with Crippen LogP contribution in [-0.2, 0) is 9.84 Å². The van der Waals surface area contributed by atoms with Crippen molar-refractivity contribution in [3.63, 3.8) is 0 Å². The zero-order valence-corrected chi connectivity index (χ0v) is 14.2. The molecule has 0 bridgehead atoms. The third kappa shape index (κ3) is 6.06. The number of rotatable bonds is 9. The van der Waals surface area contributed by atoms with Gasteiger partial charge in [0.05, 0.1) is 11.0 Å². The highest BCUT2D eigenvalue weighted by atomic mass is 32.2. The lowest BCUT2D eigenvalue weighted by Gasteiger charge is -2.14. The Morgan fingerprint density at radius 1 is 1.14 bits per heavy atom. The fraction of sp³-hybridized carbons (Fsp3) is 0.625. The van der Waals surface area contributed by atoms with Crippen LogP contribution in [0.25, 0.3) is 0 Å². The SMILES string of the molecule is CCCNC(C)c1ccc(OCCS(=O)(=O)C(C)C)cc1. The van der Waals surface area contributed by atoms with Crippen molar-refractivity contribution in [2.75, 3.05) is 18.9 Å². The average Bonchev–Trinajstić information content (AvgIpc) is 2.45. The average molecular weight is 313 g/mol. The molecule has 120 valence electrons. The first-order chi connectivity index (χ1) is 9.86. The molecular formula is C16H27NO3S. The van der Waals surface area contributed by atoms with Gasteiger partial charge in [-0.1, -0.05) is 19.1 Å². The Labute approximate surface area is 128 Å². The summed E-state index contributed by atoms with van der Waals surface area (Å²) in [6.07, 6.45) is 1.11. The second kappa shape index (κ2) is 8.39. The first-order valence-electron chi connectivity index (χ1n) is 7.54. The summed E-state index contributed by atoms with van der Waals surface area (Å²) in [6.45, 7) is 8.84. The van der Waals surface area contributed by atoms with E-state index in [-0.39, 0.29) is 17.6 Å². The van der Waals surface area contributed by atoms with Gasteiger partial charge in [-0.25, -0.2) is 8.42 Å². The van der Waals surface area contributed by atoms with Gasteiger partial charge in [0.2, 0.25) is 0 Å². The monoisotopic (exact) mass is 313 g/mol. The minimum Gasteiger partial charge on any atom is -0.493 e. The van der Waals surface area contributed by atoms with Crippen LogP contribution >= 0.6 is 0 Å². The molecule has 4 nitrogen and oxygen atoms in total. The van der Waals surface area contributed by atoms with Crippen molar-refractivity contribution in [1.82, 2.24) is 5.32 Å². The van der Waals surface area contributed by atoms with Gasteiger partial charge >= 0.3 is 0 Å². The number of benzene rings is 1. The number of nitrogens with one attached hydrogen (secondary N) is 1. The van der Waals surface area contributed by atoms with Gasteiger partial charge in [-0.3, -0.25) is 0 Å². The van der Waals surface area contributed by atoms with Gasteiger partial charge in [0.1, 0.15) is 12.4 Å². The summed E-state index contributed by atoms with van der Waals surface area (Å²) < 4.78 is 28.9. The maximum Gasteiger partial charge on any atom is 0.155 e. The van der Waals surface area contributed by atoms with E-state index in [1.54, 1.807) is 13.8 Å². The van der Waals surface area contributed by atoms with E-state index in [1.807, 2.05) is 24.3 Å². The van der Waals surface area contributed by atoms with Crippen molar-refractivity contribution in [3.05, 3.63) is 29.8 Å². The molecule has 5 heteroatoms. The van der Waals surface area contributed by atoms with E-state index < -0.39 is 9.84 Å². The predicted octanol–water partition coefficient (Wildman–Crippen LogP) is 2.95. The lowest BCUT2D eigenvalue weighted by atomic mass is 10.1. The lowest BCUT2D eigenvalue weighted by molar-refractivity contribution is 0.340. The molecule has 1 N–H and O–H groups in total. The molecular weight excluding hydrogens is 286 g/mol. The summed E-state index contributed by atoms with van der Waals surface area (Å²) in [5.74, 6) is 0.765. The van der Waals surface area contributed by atoms with Crippen molar-refractivity contribution in [2.45, 2.75) is 45.4 Å². The summed E-state index contributed by atoms with van der Waals surface area (Å²) in [5.41, 5.74) is 1.20. The van der Waals surface area contributed by atoms with Gasteiger partial charge in [0.15, 0.2) is 9.84 Å². The highest BCUT2D eigenvalue weighted by Crippen LogP contribution is 2.17. The predicted molar refractivity (Wildman–Crippen MR) is 87.6 cm³/mol. The second-order valence-electron chi connectivity index (χ2n) is 5.51. The largest absolute Gasteiger partial charge is 0.493 e. The Morgan fingerprint density at radius 2 is 1.76 bits per heavy atom. The Morgan fingerprint density at radius 3 is 2.29 bits per heavy atom. The van der Waals surface area contributed by atoms with E-state index in [4.69, 9.17) is 4.74 Å². The molecule has 1 aromatic carbocycles. The van der Waals surface area contributed by atoms with Crippen LogP contribution in [0.3, 0.4) is 0 Å². The molecule has 0 amide bonds. The summed E-state index contributed by atoms with van der Waals surface area (Å²) in [7, 11) is -3.04. The maximum atomic E-state index is 11.7. The molecule has 0 spiro atoms. The molecule has 0 fully saturated rings. The van der Waals surface area contributed by atoms with Crippen molar-refractivity contribution in [2.24, 2.45) is 0 Å². The minimum absolute atomic E-state index is 0.0564. The summed E-state index contributed by atoms with van der Waals surface area (Å²) in [4.78, 5) is 0. The minimum atomic E-state index is -3.04. The molecule has 0 aliphatic rings. The molecule has 0 aromatic heterocycles. The van der Waals surface area contributed by atoms with Crippen LogP contribution in [0, 0.1) is 0 Å². The molecule has 0 aliphatic carbocycles. The van der Waals surface area contributed by atoms with Crippen LogP contribution < -0.4 is 10.1 Å². The molecule has 1 aromatic rings. The molecule has 21 heavy (non-hydrogen) atoms. The molecule has 0 saturated carbocycles. The van der Waals surface area contributed by atoms with Gasteiger partial charge in [-0.05, 0) is 51.4 Å². The van der Waals surface area contributed by atoms with Crippen molar-refractivity contribution >= 4 is 9.84 Å². The van der Waals surface area contributed by atoms with E-state index in [1.165, 1.54) is 5.56 Å². The summed E-state index contributed by atoms with van der Waals surface area (Å²) in [6, 6.07) is 8.11. The standard InChI is InChI=1S/C16H27NO3S/c1-5-10-17-14(4)15-6-8-16(9-7-15)20-11-12-21(18,19)13(2)3/h6-9,13-14,17H,5,10-12H2,1-4H3. The first-order valence-corrected chi connectivity index (χ1v) is 9.26. The topological polar surface area (TPSA) is 55.4 Å². The van der Waals surface area contributed by atoms with Gasteiger partial charge in [0.25, 0.3) is 0 Å². The fourth-order valence-corrected chi connectivity index (χ4v) is 2.63. The number of sulfone groups is 1. The molecule has 1 unspecified atom stereocenters. The van der Waals surface area contributed by atoms with Gasteiger partial charge in [0, 0.05) is 6.04 Å². The van der Waals surface area contributed by atoms with E-state index in [0.29, 0.717) is 11.8 Å². The smallest absolute Gasteiger partial charge is 0.155 e. The Bertz CT molecular complexity index is 509. The molecule has 0 aliphatic heterocycles. The van der Waals surface area contributed by atoms with Crippen LogP contribution in [0.2, 0.25) is 0 Å². The van der Waals surface area contributed by atoms with E-state index in [0.717, 1.165) is 13.0 Å². The van der Waals surface area contributed by atoms with Crippen LogP contribution in [0.5, 0.6) is 5.75 Å². The van der Waals surface area contributed by atoms with Crippen molar-refractivity contribution in [3.8, 4) is 5.75 Å². The Balaban J connectivity index is 2.48. The zero-order valence-electron chi connectivity index (χ0n) is 13.4. The lowest BCUT2D eigenvalue weighted by Crippen LogP contribution is -2.22. The van der Waals surface area contributed by atoms with Crippen LogP contribution in [0.1, 0.15) is 45.7 Å². The fourth-order valence-electron chi connectivity index (χ4n) is 1.84. The maximum absolute atomic E-state index is 11.7. The van der Waals surface area contributed by atoms with Crippen LogP contribution in [0.4, 0.5) is 0 Å². The second-order valence-corrected chi connectivity index (χ2v) is 8.19. The Hall–Kier alpha value is -1.07. The molecule has 0 heterocycles. The van der Waals surface area contributed by atoms with E-state index >= 15 is 0 Å². The Kier molecular flexibility index (Phi) is 7.18. The van der Waals surface area contributed by atoms with Gasteiger partial charge in [-0.15, -0.1) is 0 Å². The van der Waals surface area contributed by atoms with Crippen LogP contribution in [0.15, 0.2) is 24.3 Å². The molecule has 0 radical (unpaired) electrons. The molecule has 1 atom stereocenters. The number of hydrogen-bond donors (Lipinski definition) is 1. The highest BCUT2D eigenvalue weighted by molar-refractivity contribution is 7.91. The summed E-state index contributed by atoms with van der Waals surface area (Å²) >= 11 is 0. The van der Waals surface area contributed by atoms with Gasteiger partial charge in [-0.2, -0.15) is 0 Å². The normalized spacial score (nSPS) is 13.4. The molecule has 1 rings (SSSR count). The quantitative estimate of drug-likeness (QED) is 0.761. The summed E-state index contributed by atoms with van der Waals surface area (Å²) in [5, 5.41) is 3.07. The van der Waals surface area contributed by atoms with Crippen LogP contribution in [-0.4, -0.2) is 32.6 Å². The number of hydrogen-bond acceptors (Lipinski definition) is 4. The third-order valence-corrected chi connectivity index (χ3v) is 5.61. The van der Waals surface area contributed by atoms with E-state index in [2.05, 4.69) is 19.2 Å². The molecule has 0 saturated heterocycles. The third-order valence-electron chi connectivity index (χ3n) is 3.44. The van der Waals surface area contributed by atoms with E-state index in [9.17, 15) is 8.42 Å². The zero-order chi connectivity index (χ0) is 15.9. The highest BCUT2D eigenvalue weighted by Gasteiger charge is 2.15. The van der Waals surface area contributed by atoms with Crippen molar-refractivity contribution in [1.29, 1.82) is 0 Å². The number of ether oxygens (including phenoxy) is 1. The van der Waals surface area contributed by atoms with Crippen molar-refractivity contribution < 1.29 is 13.2 Å². The first kappa shape index (κ1) is 18.0. The van der Waals surface area contributed by atoms with Gasteiger partial charge < -0.3 is 10.1 Å².